The Morgan fingerprint density at radius 3 is 2.72 bits per heavy atom. The number of unbranched alkanes of at least 4 members (excludes halogenated alkanes) is 4. The molecule has 1 aromatic rings. The average Bonchev–Trinajstić information content (AvgIpc) is 2.36. The Bertz CT molecular complexity index is 391. The third-order valence-electron chi connectivity index (χ3n) is 2.77. The van der Waals surface area contributed by atoms with Crippen molar-refractivity contribution in [3.8, 4) is 5.75 Å². The predicted octanol–water partition coefficient (Wildman–Crippen LogP) is 3.10. The van der Waals surface area contributed by atoms with Gasteiger partial charge in [-0.25, -0.2) is 4.79 Å². The number of aromatic hydroxyl groups is 1. The molecule has 0 amide bonds. The summed E-state index contributed by atoms with van der Waals surface area (Å²) in [6, 6.07) is 4.66. The quantitative estimate of drug-likeness (QED) is 0.338. The van der Waals surface area contributed by atoms with E-state index in [1.165, 1.54) is 25.0 Å². The van der Waals surface area contributed by atoms with Crippen molar-refractivity contribution in [2.75, 3.05) is 12.3 Å². The molecule has 0 unspecified atom stereocenters. The SMILES string of the molecule is CCCCCCCOC(=O)c1cccc(N)c1O. The highest BCUT2D eigenvalue weighted by atomic mass is 16.5. The lowest BCUT2D eigenvalue weighted by Crippen LogP contribution is -2.07. The van der Waals surface area contributed by atoms with Crippen molar-refractivity contribution in [1.82, 2.24) is 0 Å². The molecule has 0 saturated heterocycles. The maximum Gasteiger partial charge on any atom is 0.341 e. The Morgan fingerprint density at radius 1 is 1.28 bits per heavy atom. The molecule has 1 rings (SSSR count). The molecular formula is C14H21NO3. The number of esters is 1. The Balaban J connectivity index is 2.35. The molecule has 0 radical (unpaired) electrons. The van der Waals surface area contributed by atoms with Gasteiger partial charge >= 0.3 is 5.97 Å². The van der Waals surface area contributed by atoms with E-state index >= 15 is 0 Å². The van der Waals surface area contributed by atoms with E-state index in [-0.39, 0.29) is 17.0 Å². The highest BCUT2D eigenvalue weighted by molar-refractivity contribution is 5.94. The van der Waals surface area contributed by atoms with Gasteiger partial charge in [0, 0.05) is 0 Å². The zero-order chi connectivity index (χ0) is 13.4. The summed E-state index contributed by atoms with van der Waals surface area (Å²) in [6.07, 6.45) is 5.48. The van der Waals surface area contributed by atoms with E-state index in [0.717, 1.165) is 19.3 Å². The monoisotopic (exact) mass is 251 g/mol. The summed E-state index contributed by atoms with van der Waals surface area (Å²) in [5, 5.41) is 9.61. The molecule has 0 aromatic heterocycles. The molecule has 0 bridgehead atoms. The van der Waals surface area contributed by atoms with Crippen molar-refractivity contribution < 1.29 is 14.6 Å². The first kappa shape index (κ1) is 14.4. The number of carbonyl (C=O) groups excluding carboxylic acids is 1. The largest absolute Gasteiger partial charge is 0.505 e. The van der Waals surface area contributed by atoms with Crippen LogP contribution >= 0.6 is 0 Å². The molecule has 0 spiro atoms. The van der Waals surface area contributed by atoms with Crippen LogP contribution in [0.2, 0.25) is 0 Å². The Kier molecular flexibility index (Phi) is 6.05. The molecule has 1 aromatic carbocycles. The van der Waals surface area contributed by atoms with Crippen molar-refractivity contribution >= 4 is 11.7 Å². The van der Waals surface area contributed by atoms with Gasteiger partial charge < -0.3 is 15.6 Å². The van der Waals surface area contributed by atoms with E-state index in [1.54, 1.807) is 6.07 Å². The van der Waals surface area contributed by atoms with Gasteiger partial charge in [0.15, 0.2) is 5.75 Å². The average molecular weight is 251 g/mol. The fourth-order valence-corrected chi connectivity index (χ4v) is 1.67. The second kappa shape index (κ2) is 7.58. The number of carbonyl (C=O) groups is 1. The molecule has 100 valence electrons. The van der Waals surface area contributed by atoms with E-state index in [2.05, 4.69) is 6.92 Å². The molecule has 4 heteroatoms. The third kappa shape index (κ3) is 4.28. The Labute approximate surface area is 108 Å². The van der Waals surface area contributed by atoms with Crippen LogP contribution in [0.1, 0.15) is 49.4 Å². The first-order valence-electron chi connectivity index (χ1n) is 6.41. The smallest absolute Gasteiger partial charge is 0.341 e. The summed E-state index contributed by atoms with van der Waals surface area (Å²) in [6.45, 7) is 2.54. The van der Waals surface area contributed by atoms with Gasteiger partial charge in [0.05, 0.1) is 12.3 Å². The maximum absolute atomic E-state index is 11.7. The van der Waals surface area contributed by atoms with Gasteiger partial charge in [0.25, 0.3) is 0 Å². The second-order valence-corrected chi connectivity index (χ2v) is 4.29. The minimum atomic E-state index is -0.518. The molecule has 3 N–H and O–H groups in total. The van der Waals surface area contributed by atoms with Crippen molar-refractivity contribution in [2.24, 2.45) is 0 Å². The van der Waals surface area contributed by atoms with E-state index in [9.17, 15) is 9.90 Å². The first-order valence-corrected chi connectivity index (χ1v) is 6.41. The van der Waals surface area contributed by atoms with Gasteiger partial charge in [-0.1, -0.05) is 38.7 Å². The van der Waals surface area contributed by atoms with Crippen LogP contribution in [0.15, 0.2) is 18.2 Å². The van der Waals surface area contributed by atoms with Gasteiger partial charge in [-0.2, -0.15) is 0 Å². The topological polar surface area (TPSA) is 72.5 Å². The molecule has 0 atom stereocenters. The van der Waals surface area contributed by atoms with Crippen LogP contribution in [0.3, 0.4) is 0 Å². The second-order valence-electron chi connectivity index (χ2n) is 4.29. The van der Waals surface area contributed by atoms with Crippen LogP contribution in [0.25, 0.3) is 0 Å². The summed E-state index contributed by atoms with van der Waals surface area (Å²) in [7, 11) is 0. The Hall–Kier alpha value is -1.71. The van der Waals surface area contributed by atoms with Gasteiger partial charge in [-0.05, 0) is 18.6 Å². The molecule has 0 aliphatic carbocycles. The number of benzene rings is 1. The number of anilines is 1. The van der Waals surface area contributed by atoms with Crippen molar-refractivity contribution in [3.63, 3.8) is 0 Å². The number of ether oxygens (including phenoxy) is 1. The number of nitrogens with two attached hydrogens (primary N) is 1. The number of phenols is 1. The number of para-hydroxylation sites is 1. The summed E-state index contributed by atoms with van der Waals surface area (Å²) >= 11 is 0. The zero-order valence-corrected chi connectivity index (χ0v) is 10.8. The zero-order valence-electron chi connectivity index (χ0n) is 10.8. The molecule has 18 heavy (non-hydrogen) atoms. The number of rotatable bonds is 7. The third-order valence-corrected chi connectivity index (χ3v) is 2.77. The molecule has 4 nitrogen and oxygen atoms in total. The summed E-state index contributed by atoms with van der Waals surface area (Å²) in [5.41, 5.74) is 5.83. The minimum Gasteiger partial charge on any atom is -0.505 e. The predicted molar refractivity (Wildman–Crippen MR) is 71.6 cm³/mol. The van der Waals surface area contributed by atoms with Gasteiger partial charge in [-0.15, -0.1) is 0 Å². The standard InChI is InChI=1S/C14H21NO3/c1-2-3-4-5-6-10-18-14(17)11-8-7-9-12(15)13(11)16/h7-9,16H,2-6,10,15H2,1H3. The summed E-state index contributed by atoms with van der Waals surface area (Å²) < 4.78 is 5.09. The Morgan fingerprint density at radius 2 is 2.00 bits per heavy atom. The summed E-state index contributed by atoms with van der Waals surface area (Å²) in [4.78, 5) is 11.7. The number of nitrogen functional groups attached to an aromatic ring is 1. The molecule has 0 heterocycles. The maximum atomic E-state index is 11.7. The van der Waals surface area contributed by atoms with Crippen LogP contribution in [0, 0.1) is 0 Å². The molecular weight excluding hydrogens is 230 g/mol. The first-order chi connectivity index (χ1) is 8.66. The normalized spacial score (nSPS) is 10.3. The van der Waals surface area contributed by atoms with Crippen molar-refractivity contribution in [3.05, 3.63) is 23.8 Å². The number of phenolic OH excluding ortho intramolecular Hbond substituents is 1. The van der Waals surface area contributed by atoms with Crippen LogP contribution in [-0.2, 0) is 4.74 Å². The highest BCUT2D eigenvalue weighted by Gasteiger charge is 2.13. The van der Waals surface area contributed by atoms with Gasteiger partial charge in [0.1, 0.15) is 5.56 Å². The lowest BCUT2D eigenvalue weighted by molar-refractivity contribution is 0.0494. The van der Waals surface area contributed by atoms with Crippen LogP contribution in [-0.4, -0.2) is 17.7 Å². The number of hydrogen-bond donors (Lipinski definition) is 2. The fourth-order valence-electron chi connectivity index (χ4n) is 1.67. The fraction of sp³-hybridized carbons (Fsp3) is 0.500. The van der Waals surface area contributed by atoms with E-state index in [4.69, 9.17) is 10.5 Å². The lowest BCUT2D eigenvalue weighted by Gasteiger charge is -2.07. The molecule has 0 fully saturated rings. The van der Waals surface area contributed by atoms with Crippen LogP contribution < -0.4 is 5.73 Å². The van der Waals surface area contributed by atoms with Crippen molar-refractivity contribution in [2.45, 2.75) is 39.0 Å². The summed E-state index contributed by atoms with van der Waals surface area (Å²) in [5.74, 6) is -0.719. The molecule has 0 aliphatic heterocycles. The van der Waals surface area contributed by atoms with Gasteiger partial charge in [0.2, 0.25) is 0 Å². The molecule has 0 saturated carbocycles. The molecule has 0 aliphatic rings. The number of hydrogen-bond acceptors (Lipinski definition) is 4. The minimum absolute atomic E-state index is 0.128. The highest BCUT2D eigenvalue weighted by Crippen LogP contribution is 2.24. The van der Waals surface area contributed by atoms with E-state index in [0.29, 0.717) is 6.61 Å². The lowest BCUT2D eigenvalue weighted by atomic mass is 10.1. The van der Waals surface area contributed by atoms with Crippen molar-refractivity contribution in [1.29, 1.82) is 0 Å². The van der Waals surface area contributed by atoms with Crippen LogP contribution in [0.4, 0.5) is 5.69 Å². The van der Waals surface area contributed by atoms with Gasteiger partial charge in [-0.3, -0.25) is 0 Å². The van der Waals surface area contributed by atoms with E-state index < -0.39 is 5.97 Å². The van der Waals surface area contributed by atoms with Crippen LogP contribution in [0.5, 0.6) is 5.75 Å². The van der Waals surface area contributed by atoms with E-state index in [1.807, 2.05) is 0 Å².